The van der Waals surface area contributed by atoms with Crippen LogP contribution in [0.15, 0.2) is 36.4 Å². The first-order chi connectivity index (χ1) is 14.0. The first-order valence-corrected chi connectivity index (χ1v) is 9.87. The van der Waals surface area contributed by atoms with Crippen molar-refractivity contribution in [2.45, 2.75) is 25.3 Å². The minimum atomic E-state index is -0.528. The lowest BCUT2D eigenvalue weighted by Crippen LogP contribution is -2.28. The molecule has 4 N–H and O–H groups in total. The number of aromatic nitrogens is 2. The number of para-hydroxylation sites is 1. The fourth-order valence-electron chi connectivity index (χ4n) is 3.76. The van der Waals surface area contributed by atoms with Crippen LogP contribution in [0.1, 0.15) is 34.6 Å². The molecule has 8 heteroatoms. The van der Waals surface area contributed by atoms with Crippen molar-refractivity contribution in [3.63, 3.8) is 0 Å². The van der Waals surface area contributed by atoms with Gasteiger partial charge < -0.3 is 16.4 Å². The van der Waals surface area contributed by atoms with Crippen molar-refractivity contribution < 1.29 is 9.18 Å². The quantitative estimate of drug-likeness (QED) is 0.597. The third-order valence-corrected chi connectivity index (χ3v) is 5.57. The molecule has 6 nitrogen and oxygen atoms in total. The Labute approximate surface area is 172 Å². The number of primary amides is 1. The molecule has 1 saturated heterocycles. The Bertz CT molecular complexity index is 1090. The highest BCUT2D eigenvalue weighted by Crippen LogP contribution is 2.30. The number of aryl methyl sites for hydroxylation is 1. The van der Waals surface area contributed by atoms with Gasteiger partial charge in [-0.05, 0) is 29.8 Å². The number of carbonyl (C=O) groups excluding carboxylic acids is 1. The highest BCUT2D eigenvalue weighted by Gasteiger charge is 2.30. The van der Waals surface area contributed by atoms with Gasteiger partial charge in [0.1, 0.15) is 17.5 Å². The van der Waals surface area contributed by atoms with E-state index >= 15 is 0 Å². The number of fused-ring (bicyclic) bond motifs is 1. The van der Waals surface area contributed by atoms with E-state index < -0.39 is 11.7 Å². The van der Waals surface area contributed by atoms with Gasteiger partial charge in [-0.3, -0.25) is 4.79 Å². The second-order valence-corrected chi connectivity index (χ2v) is 7.50. The summed E-state index contributed by atoms with van der Waals surface area (Å²) in [5, 5.41) is 7.67. The van der Waals surface area contributed by atoms with E-state index in [1.54, 1.807) is 18.2 Å². The van der Waals surface area contributed by atoms with Gasteiger partial charge in [0.25, 0.3) is 5.91 Å². The molecule has 0 unspecified atom stereocenters. The molecule has 2 atom stereocenters. The predicted octanol–water partition coefficient (Wildman–Crippen LogP) is 3.25. The van der Waals surface area contributed by atoms with Gasteiger partial charge in [-0.1, -0.05) is 30.7 Å². The Balaban J connectivity index is 1.73. The van der Waals surface area contributed by atoms with Gasteiger partial charge in [0.15, 0.2) is 0 Å². The van der Waals surface area contributed by atoms with E-state index in [2.05, 4.69) is 20.6 Å². The summed E-state index contributed by atoms with van der Waals surface area (Å²) >= 11 is 5.83. The van der Waals surface area contributed by atoms with E-state index in [1.165, 1.54) is 6.07 Å². The summed E-state index contributed by atoms with van der Waals surface area (Å²) in [6, 6.07) is 10.2. The van der Waals surface area contributed by atoms with Gasteiger partial charge in [-0.2, -0.15) is 0 Å². The smallest absolute Gasteiger partial charge is 0.250 e. The van der Waals surface area contributed by atoms with E-state index in [-0.39, 0.29) is 17.0 Å². The zero-order valence-electron chi connectivity index (χ0n) is 15.9. The number of nitrogens with one attached hydrogen (secondary N) is 2. The van der Waals surface area contributed by atoms with Crippen molar-refractivity contribution in [1.29, 1.82) is 0 Å². The number of hydrogen-bond donors (Lipinski definition) is 3. The van der Waals surface area contributed by atoms with Crippen LogP contribution in [-0.4, -0.2) is 35.0 Å². The highest BCUT2D eigenvalue weighted by molar-refractivity contribution is 6.30. The maximum atomic E-state index is 14.0. The van der Waals surface area contributed by atoms with Gasteiger partial charge in [-0.15, -0.1) is 0 Å². The summed E-state index contributed by atoms with van der Waals surface area (Å²) in [4.78, 5) is 21.0. The van der Waals surface area contributed by atoms with Crippen LogP contribution in [0.2, 0.25) is 5.02 Å². The summed E-state index contributed by atoms with van der Waals surface area (Å²) in [6.07, 6.45) is 0.618. The molecule has 0 aliphatic carbocycles. The summed E-state index contributed by atoms with van der Waals surface area (Å²) in [7, 11) is 0. The number of halogens is 2. The van der Waals surface area contributed by atoms with Gasteiger partial charge >= 0.3 is 0 Å². The minimum absolute atomic E-state index is 0.0179. The normalized spacial score (nSPS) is 18.9. The van der Waals surface area contributed by atoms with Crippen LogP contribution in [0.3, 0.4) is 0 Å². The molecule has 29 heavy (non-hydrogen) atoms. The highest BCUT2D eigenvalue weighted by atomic mass is 35.5. The maximum absolute atomic E-state index is 14.0. The molecule has 1 aromatic heterocycles. The van der Waals surface area contributed by atoms with Crippen LogP contribution >= 0.6 is 11.6 Å². The first kappa shape index (κ1) is 19.5. The lowest BCUT2D eigenvalue weighted by molar-refractivity contribution is 0.100. The van der Waals surface area contributed by atoms with Crippen molar-refractivity contribution in [2.75, 3.05) is 18.4 Å². The molecule has 0 saturated carbocycles. The molecule has 1 amide bonds. The summed E-state index contributed by atoms with van der Waals surface area (Å²) in [5.74, 6) is 0.342. The van der Waals surface area contributed by atoms with E-state index in [4.69, 9.17) is 17.3 Å². The zero-order chi connectivity index (χ0) is 20.5. The van der Waals surface area contributed by atoms with Crippen molar-refractivity contribution in [3.05, 3.63) is 64.2 Å². The molecule has 1 fully saturated rings. The SMILES string of the molecule is CCc1nc(N[C@H]2CNC[C@@H]2c2ccc(Cl)c(F)c2)c2cccc(C(N)=O)c2n1. The van der Waals surface area contributed by atoms with Crippen LogP contribution in [0.4, 0.5) is 10.2 Å². The molecule has 2 aromatic carbocycles. The summed E-state index contributed by atoms with van der Waals surface area (Å²) < 4.78 is 14.0. The Morgan fingerprint density at radius 3 is 2.86 bits per heavy atom. The van der Waals surface area contributed by atoms with E-state index in [0.29, 0.717) is 42.2 Å². The first-order valence-electron chi connectivity index (χ1n) is 9.49. The molecular weight excluding hydrogens is 393 g/mol. The largest absolute Gasteiger partial charge is 0.366 e. The summed E-state index contributed by atoms with van der Waals surface area (Å²) in [6.45, 7) is 3.35. The molecular formula is C21H21ClFN5O. The minimum Gasteiger partial charge on any atom is -0.366 e. The second-order valence-electron chi connectivity index (χ2n) is 7.10. The number of benzene rings is 2. The van der Waals surface area contributed by atoms with Gasteiger partial charge in [-0.25, -0.2) is 14.4 Å². The third kappa shape index (κ3) is 3.75. The molecule has 4 rings (SSSR count). The Hall–Kier alpha value is -2.77. The molecule has 0 spiro atoms. The number of anilines is 1. The number of nitrogens with two attached hydrogens (primary N) is 1. The fourth-order valence-corrected chi connectivity index (χ4v) is 3.88. The van der Waals surface area contributed by atoms with Crippen molar-refractivity contribution in [1.82, 2.24) is 15.3 Å². The van der Waals surface area contributed by atoms with Gasteiger partial charge in [0, 0.05) is 36.9 Å². The van der Waals surface area contributed by atoms with Crippen molar-refractivity contribution in [2.24, 2.45) is 5.73 Å². The maximum Gasteiger partial charge on any atom is 0.250 e. The molecule has 3 aromatic rings. The number of carbonyl (C=O) groups is 1. The second kappa shape index (κ2) is 7.93. The predicted molar refractivity (Wildman–Crippen MR) is 112 cm³/mol. The lowest BCUT2D eigenvalue weighted by Gasteiger charge is -2.22. The monoisotopic (exact) mass is 413 g/mol. The average molecular weight is 414 g/mol. The Morgan fingerprint density at radius 1 is 1.31 bits per heavy atom. The summed E-state index contributed by atoms with van der Waals surface area (Å²) in [5.41, 5.74) is 7.30. The molecule has 1 aliphatic rings. The van der Waals surface area contributed by atoms with E-state index in [0.717, 1.165) is 10.9 Å². The third-order valence-electron chi connectivity index (χ3n) is 5.26. The van der Waals surface area contributed by atoms with Crippen LogP contribution in [0, 0.1) is 5.82 Å². The number of nitrogens with zero attached hydrogens (tertiary/aromatic N) is 2. The standard InChI is InChI=1S/C21H21ClFN5O/c1-2-18-27-19-12(20(24)29)4-3-5-13(19)21(28-18)26-17-10-25-9-14(17)11-6-7-15(22)16(23)8-11/h3-8,14,17,25H,2,9-10H2,1H3,(H2,24,29)(H,26,27,28)/t14-,17+/m1/s1. The Kier molecular flexibility index (Phi) is 5.34. The Morgan fingerprint density at radius 2 is 2.14 bits per heavy atom. The van der Waals surface area contributed by atoms with E-state index in [1.807, 2.05) is 19.1 Å². The lowest BCUT2D eigenvalue weighted by atomic mass is 9.94. The zero-order valence-corrected chi connectivity index (χ0v) is 16.6. The molecule has 150 valence electrons. The number of amides is 1. The van der Waals surface area contributed by atoms with Gasteiger partial charge in [0.05, 0.1) is 16.1 Å². The molecule has 2 heterocycles. The van der Waals surface area contributed by atoms with Crippen molar-refractivity contribution >= 4 is 34.2 Å². The number of rotatable bonds is 5. The number of hydrogen-bond acceptors (Lipinski definition) is 5. The van der Waals surface area contributed by atoms with Crippen LogP contribution in [0.25, 0.3) is 10.9 Å². The van der Waals surface area contributed by atoms with Gasteiger partial charge in [0.2, 0.25) is 0 Å². The topological polar surface area (TPSA) is 92.9 Å². The van der Waals surface area contributed by atoms with Crippen LogP contribution in [0.5, 0.6) is 0 Å². The van der Waals surface area contributed by atoms with E-state index in [9.17, 15) is 9.18 Å². The van der Waals surface area contributed by atoms with Crippen LogP contribution in [-0.2, 0) is 6.42 Å². The molecule has 0 bridgehead atoms. The van der Waals surface area contributed by atoms with Crippen molar-refractivity contribution in [3.8, 4) is 0 Å². The van der Waals surface area contributed by atoms with Crippen LogP contribution < -0.4 is 16.4 Å². The molecule has 0 radical (unpaired) electrons. The molecule has 1 aliphatic heterocycles. The average Bonchev–Trinajstić information content (AvgIpc) is 3.17. The fraction of sp³-hybridized carbons (Fsp3) is 0.286.